The predicted octanol–water partition coefficient (Wildman–Crippen LogP) is 2.13. The zero-order chi connectivity index (χ0) is 20.0. The van der Waals surface area contributed by atoms with Gasteiger partial charge in [-0.15, -0.1) is 0 Å². The molecule has 4 rings (SSSR count). The minimum Gasteiger partial charge on any atom is -0.338 e. The molecule has 0 N–H and O–H groups in total. The average molecular weight is 379 g/mol. The normalized spacial score (nSPS) is 16.4. The maximum atomic E-state index is 13.2. The summed E-state index contributed by atoms with van der Waals surface area (Å²) >= 11 is 0. The van der Waals surface area contributed by atoms with Gasteiger partial charge in [0.25, 0.3) is 5.56 Å². The lowest BCUT2D eigenvalue weighted by Crippen LogP contribution is -2.41. The Morgan fingerprint density at radius 2 is 1.93 bits per heavy atom. The molecular formula is C21H25N5O2. The van der Waals surface area contributed by atoms with Crippen LogP contribution in [0.5, 0.6) is 0 Å². The van der Waals surface area contributed by atoms with Crippen molar-refractivity contribution in [2.75, 3.05) is 11.4 Å². The highest BCUT2D eigenvalue weighted by molar-refractivity contribution is 5.75. The molecule has 0 bridgehead atoms. The molecule has 2 aromatic heterocycles. The van der Waals surface area contributed by atoms with E-state index in [9.17, 15) is 9.59 Å². The molecule has 7 heteroatoms. The third kappa shape index (κ3) is 2.96. The zero-order valence-corrected chi connectivity index (χ0v) is 16.6. The highest BCUT2D eigenvalue weighted by Crippen LogP contribution is 2.28. The predicted molar refractivity (Wildman–Crippen MR) is 111 cm³/mol. The summed E-state index contributed by atoms with van der Waals surface area (Å²) in [6, 6.07) is 10.2. The van der Waals surface area contributed by atoms with Gasteiger partial charge >= 0.3 is 5.69 Å². The summed E-state index contributed by atoms with van der Waals surface area (Å²) in [6.45, 7) is 10.3. The molecule has 0 saturated heterocycles. The summed E-state index contributed by atoms with van der Waals surface area (Å²) in [6.07, 6.45) is 0. The Morgan fingerprint density at radius 1 is 1.21 bits per heavy atom. The van der Waals surface area contributed by atoms with E-state index >= 15 is 0 Å². The number of benzene rings is 1. The molecule has 1 aliphatic heterocycles. The smallest absolute Gasteiger partial charge is 0.332 e. The van der Waals surface area contributed by atoms with E-state index in [0.717, 1.165) is 18.1 Å². The number of aryl methyl sites for hydroxylation is 1. The first kappa shape index (κ1) is 18.3. The largest absolute Gasteiger partial charge is 0.338 e. The quantitative estimate of drug-likeness (QED) is 0.652. The molecule has 3 heterocycles. The van der Waals surface area contributed by atoms with E-state index in [1.54, 1.807) is 7.05 Å². The Bertz CT molecular complexity index is 1170. The first-order valence-corrected chi connectivity index (χ1v) is 9.50. The maximum absolute atomic E-state index is 13.2. The van der Waals surface area contributed by atoms with Crippen molar-refractivity contribution in [3.05, 3.63) is 68.9 Å². The standard InChI is InChI=1S/C21H25N5O2/c1-14(2)10-26-19(27)17-18(23(4)21(26)28)22-20-24(11-15(3)12-25(17)20)13-16-8-6-5-7-9-16/h5-9,15H,1,10-13H2,2-4H3/t15-/m1/s1. The van der Waals surface area contributed by atoms with E-state index in [2.05, 4.69) is 30.5 Å². The van der Waals surface area contributed by atoms with Gasteiger partial charge in [-0.3, -0.25) is 13.9 Å². The molecule has 3 aromatic rings. The number of aromatic nitrogens is 4. The number of fused-ring (bicyclic) bond motifs is 3. The van der Waals surface area contributed by atoms with Crippen LogP contribution in [0.15, 0.2) is 52.1 Å². The van der Waals surface area contributed by atoms with Crippen LogP contribution in [0.4, 0.5) is 5.95 Å². The van der Waals surface area contributed by atoms with Crippen molar-refractivity contribution in [2.24, 2.45) is 13.0 Å². The van der Waals surface area contributed by atoms with Gasteiger partial charge < -0.3 is 9.47 Å². The Kier molecular flexibility index (Phi) is 4.45. The Balaban J connectivity index is 1.92. The number of hydrogen-bond acceptors (Lipinski definition) is 4. The van der Waals surface area contributed by atoms with Gasteiger partial charge in [0.15, 0.2) is 11.2 Å². The number of imidazole rings is 1. The van der Waals surface area contributed by atoms with E-state index in [4.69, 9.17) is 4.98 Å². The molecule has 0 radical (unpaired) electrons. The van der Waals surface area contributed by atoms with E-state index in [1.807, 2.05) is 29.7 Å². The lowest BCUT2D eigenvalue weighted by Gasteiger charge is -2.33. The first-order valence-electron chi connectivity index (χ1n) is 9.50. The fraction of sp³-hybridized carbons (Fsp3) is 0.381. The Morgan fingerprint density at radius 3 is 2.61 bits per heavy atom. The number of allylic oxidation sites excluding steroid dienone is 1. The molecule has 146 valence electrons. The van der Waals surface area contributed by atoms with Gasteiger partial charge in [0, 0.05) is 26.7 Å². The van der Waals surface area contributed by atoms with Crippen LogP contribution in [0.1, 0.15) is 19.4 Å². The average Bonchev–Trinajstić information content (AvgIpc) is 3.04. The monoisotopic (exact) mass is 379 g/mol. The van der Waals surface area contributed by atoms with Crippen molar-refractivity contribution in [3.63, 3.8) is 0 Å². The van der Waals surface area contributed by atoms with E-state index in [0.29, 0.717) is 30.2 Å². The van der Waals surface area contributed by atoms with Crippen molar-refractivity contribution in [1.82, 2.24) is 18.7 Å². The fourth-order valence-electron chi connectivity index (χ4n) is 3.95. The second-order valence-electron chi connectivity index (χ2n) is 7.86. The SMILES string of the molecule is C=C(C)Cn1c(=O)c2c(nc3n2C[C@H](C)CN3Cc2ccccc2)n(C)c1=O. The van der Waals surface area contributed by atoms with Crippen LogP contribution in [0.2, 0.25) is 0 Å². The third-order valence-electron chi connectivity index (χ3n) is 5.17. The number of anilines is 1. The van der Waals surface area contributed by atoms with Crippen molar-refractivity contribution < 1.29 is 0 Å². The van der Waals surface area contributed by atoms with Gasteiger partial charge in [-0.1, -0.05) is 49.4 Å². The van der Waals surface area contributed by atoms with Crippen LogP contribution in [0, 0.1) is 5.92 Å². The summed E-state index contributed by atoms with van der Waals surface area (Å²) < 4.78 is 4.69. The van der Waals surface area contributed by atoms with Crippen LogP contribution in [-0.4, -0.2) is 25.2 Å². The zero-order valence-electron chi connectivity index (χ0n) is 16.6. The molecule has 28 heavy (non-hydrogen) atoms. The van der Waals surface area contributed by atoms with Crippen LogP contribution in [0.3, 0.4) is 0 Å². The molecule has 0 fully saturated rings. The lowest BCUT2D eigenvalue weighted by molar-refractivity contribution is 0.435. The van der Waals surface area contributed by atoms with E-state index in [1.165, 1.54) is 14.7 Å². The summed E-state index contributed by atoms with van der Waals surface area (Å²) in [5, 5.41) is 0. The molecule has 1 aromatic carbocycles. The summed E-state index contributed by atoms with van der Waals surface area (Å²) in [4.78, 5) is 32.8. The van der Waals surface area contributed by atoms with Crippen LogP contribution in [0.25, 0.3) is 11.2 Å². The van der Waals surface area contributed by atoms with Gasteiger partial charge in [-0.05, 0) is 18.4 Å². The Hall–Kier alpha value is -3.09. The van der Waals surface area contributed by atoms with Crippen molar-refractivity contribution in [3.8, 4) is 0 Å². The van der Waals surface area contributed by atoms with Gasteiger partial charge in [-0.2, -0.15) is 4.98 Å². The van der Waals surface area contributed by atoms with Crippen LogP contribution < -0.4 is 16.1 Å². The molecule has 1 atom stereocenters. The van der Waals surface area contributed by atoms with Gasteiger partial charge in [-0.25, -0.2) is 4.79 Å². The molecule has 7 nitrogen and oxygen atoms in total. The Labute approximate surface area is 163 Å². The molecule has 0 spiro atoms. The summed E-state index contributed by atoms with van der Waals surface area (Å²) in [5.41, 5.74) is 2.21. The van der Waals surface area contributed by atoms with Crippen molar-refractivity contribution in [2.45, 2.75) is 33.5 Å². The number of hydrogen-bond donors (Lipinski definition) is 0. The highest BCUT2D eigenvalue weighted by atomic mass is 16.2. The molecule has 0 amide bonds. The summed E-state index contributed by atoms with van der Waals surface area (Å²) in [5.74, 6) is 1.11. The van der Waals surface area contributed by atoms with E-state index < -0.39 is 0 Å². The minimum absolute atomic E-state index is 0.214. The van der Waals surface area contributed by atoms with E-state index in [-0.39, 0.29) is 17.8 Å². The topological polar surface area (TPSA) is 65.1 Å². The maximum Gasteiger partial charge on any atom is 0.332 e. The fourth-order valence-corrected chi connectivity index (χ4v) is 3.95. The van der Waals surface area contributed by atoms with Gasteiger partial charge in [0.2, 0.25) is 5.95 Å². The van der Waals surface area contributed by atoms with Crippen molar-refractivity contribution in [1.29, 1.82) is 0 Å². The molecule has 0 saturated carbocycles. The summed E-state index contributed by atoms with van der Waals surface area (Å²) in [7, 11) is 1.67. The molecule has 1 aliphatic rings. The molecule has 0 aliphatic carbocycles. The minimum atomic E-state index is -0.362. The number of rotatable bonds is 4. The highest BCUT2D eigenvalue weighted by Gasteiger charge is 2.29. The van der Waals surface area contributed by atoms with Crippen molar-refractivity contribution >= 4 is 17.1 Å². The first-order chi connectivity index (χ1) is 13.4. The molecule has 0 unspecified atom stereocenters. The van der Waals surface area contributed by atoms with Crippen LogP contribution >= 0.6 is 0 Å². The van der Waals surface area contributed by atoms with Gasteiger partial charge in [0.05, 0.1) is 6.54 Å². The van der Waals surface area contributed by atoms with Crippen LogP contribution in [-0.2, 0) is 26.7 Å². The second kappa shape index (κ2) is 6.82. The number of nitrogens with zero attached hydrogens (tertiary/aromatic N) is 5. The van der Waals surface area contributed by atoms with Gasteiger partial charge in [0.1, 0.15) is 0 Å². The molecular weight excluding hydrogens is 354 g/mol. The third-order valence-corrected chi connectivity index (χ3v) is 5.17. The lowest BCUT2D eigenvalue weighted by atomic mass is 10.1. The second-order valence-corrected chi connectivity index (χ2v) is 7.86.